The third kappa shape index (κ3) is 4.47. The first-order valence-electron chi connectivity index (χ1n) is 9.13. The zero-order chi connectivity index (χ0) is 18.8. The molecule has 0 spiro atoms. The summed E-state index contributed by atoms with van der Waals surface area (Å²) in [7, 11) is 0. The Morgan fingerprint density at radius 1 is 1.22 bits per heavy atom. The van der Waals surface area contributed by atoms with Gasteiger partial charge in [0.2, 0.25) is 0 Å². The van der Waals surface area contributed by atoms with E-state index >= 15 is 0 Å². The molecule has 2 heterocycles. The monoisotopic (exact) mass is 496 g/mol. The molecule has 0 saturated heterocycles. The van der Waals surface area contributed by atoms with Crippen molar-refractivity contribution in [2.75, 3.05) is 10.6 Å². The number of nitrogens with one attached hydrogen (secondary N) is 2. The van der Waals surface area contributed by atoms with Crippen molar-refractivity contribution >= 4 is 51.5 Å². The summed E-state index contributed by atoms with van der Waals surface area (Å²) in [5.41, 5.74) is 7.99. The number of nitrogens with zero attached hydrogens (tertiary/aromatic N) is 3. The summed E-state index contributed by atoms with van der Waals surface area (Å²) in [6.45, 7) is 0.661. The van der Waals surface area contributed by atoms with Crippen LogP contribution < -0.4 is 16.4 Å². The molecule has 1 saturated carbocycles. The maximum atomic E-state index is 6.09. The van der Waals surface area contributed by atoms with Crippen LogP contribution in [-0.2, 0) is 6.54 Å². The summed E-state index contributed by atoms with van der Waals surface area (Å²) >= 11 is 8.36. The largest absolute Gasteiger partial charge is 0.367 e. The van der Waals surface area contributed by atoms with Crippen LogP contribution in [0.1, 0.15) is 31.2 Å². The van der Waals surface area contributed by atoms with E-state index < -0.39 is 0 Å². The van der Waals surface area contributed by atoms with Gasteiger partial charge in [-0.3, -0.25) is 0 Å². The van der Waals surface area contributed by atoms with Crippen LogP contribution >= 0.6 is 34.2 Å². The fourth-order valence-electron chi connectivity index (χ4n) is 3.45. The maximum absolute atomic E-state index is 6.09. The molecule has 0 bridgehead atoms. The van der Waals surface area contributed by atoms with E-state index in [9.17, 15) is 0 Å². The fraction of sp³-hybridized carbons (Fsp3) is 0.368. The van der Waals surface area contributed by atoms with E-state index in [4.69, 9.17) is 22.3 Å². The van der Waals surface area contributed by atoms with Crippen molar-refractivity contribution in [1.82, 2.24) is 14.6 Å². The van der Waals surface area contributed by atoms with Crippen molar-refractivity contribution in [3.8, 4) is 0 Å². The van der Waals surface area contributed by atoms with Crippen LogP contribution in [0.2, 0.25) is 5.02 Å². The van der Waals surface area contributed by atoms with Crippen molar-refractivity contribution in [3.63, 3.8) is 0 Å². The van der Waals surface area contributed by atoms with Crippen LogP contribution in [-0.4, -0.2) is 26.7 Å². The molecular formula is C19H22ClIN6. The Morgan fingerprint density at radius 3 is 2.81 bits per heavy atom. The van der Waals surface area contributed by atoms with Gasteiger partial charge < -0.3 is 16.4 Å². The van der Waals surface area contributed by atoms with Crippen LogP contribution in [0, 0.1) is 3.57 Å². The van der Waals surface area contributed by atoms with Gasteiger partial charge in [-0.1, -0.05) is 23.7 Å². The Balaban J connectivity index is 1.57. The van der Waals surface area contributed by atoms with Gasteiger partial charge in [0.25, 0.3) is 0 Å². The van der Waals surface area contributed by atoms with Crippen molar-refractivity contribution in [2.45, 2.75) is 44.3 Å². The quantitative estimate of drug-likeness (QED) is 0.460. The summed E-state index contributed by atoms with van der Waals surface area (Å²) in [5.74, 6) is 1.77. The van der Waals surface area contributed by atoms with E-state index in [1.165, 1.54) is 0 Å². The van der Waals surface area contributed by atoms with Crippen molar-refractivity contribution < 1.29 is 0 Å². The minimum absolute atomic E-state index is 0.337. The van der Waals surface area contributed by atoms with E-state index in [2.05, 4.69) is 44.4 Å². The standard InChI is InChI=1S/C19H22ClIN6/c20-13-3-1-2-12(8-13)10-23-18-9-17(25-15-6-4-14(22)5-7-15)26-19-16(21)11-24-27(18)19/h1-3,8-9,11,14-15,23H,4-7,10,22H2,(H,25,26). The van der Waals surface area contributed by atoms with Crippen molar-refractivity contribution in [2.24, 2.45) is 5.73 Å². The van der Waals surface area contributed by atoms with Gasteiger partial charge in [0.1, 0.15) is 11.6 Å². The number of aromatic nitrogens is 3. The molecule has 8 heteroatoms. The molecule has 0 atom stereocenters. The number of nitrogens with two attached hydrogens (primary N) is 1. The van der Waals surface area contributed by atoms with Gasteiger partial charge in [0, 0.05) is 29.7 Å². The minimum atomic E-state index is 0.337. The lowest BCUT2D eigenvalue weighted by Crippen LogP contribution is -2.33. The van der Waals surface area contributed by atoms with Gasteiger partial charge in [0.15, 0.2) is 5.65 Å². The fourth-order valence-corrected chi connectivity index (χ4v) is 4.13. The third-order valence-electron chi connectivity index (χ3n) is 4.92. The number of hydrogen-bond acceptors (Lipinski definition) is 5. The second-order valence-electron chi connectivity index (χ2n) is 6.99. The molecule has 2 aromatic heterocycles. The predicted octanol–water partition coefficient (Wildman–Crippen LogP) is 4.28. The topological polar surface area (TPSA) is 80.3 Å². The zero-order valence-corrected chi connectivity index (χ0v) is 17.7. The highest BCUT2D eigenvalue weighted by atomic mass is 127. The summed E-state index contributed by atoms with van der Waals surface area (Å²) in [5, 5.41) is 12.3. The van der Waals surface area contributed by atoms with Gasteiger partial charge >= 0.3 is 0 Å². The Morgan fingerprint density at radius 2 is 2.04 bits per heavy atom. The molecule has 6 nitrogen and oxygen atoms in total. The highest BCUT2D eigenvalue weighted by molar-refractivity contribution is 14.1. The normalized spacial score (nSPS) is 20.0. The Kier molecular flexibility index (Phi) is 5.70. The molecule has 1 aromatic carbocycles. The SMILES string of the molecule is NC1CCC(Nc2cc(NCc3cccc(Cl)c3)n3ncc(I)c3n2)CC1. The van der Waals surface area contributed by atoms with Gasteiger partial charge in [-0.2, -0.15) is 9.61 Å². The Hall–Kier alpha value is -1.58. The molecule has 1 aliphatic rings. The zero-order valence-electron chi connectivity index (χ0n) is 14.8. The molecule has 142 valence electrons. The predicted molar refractivity (Wildman–Crippen MR) is 118 cm³/mol. The lowest BCUT2D eigenvalue weighted by Gasteiger charge is -2.27. The van der Waals surface area contributed by atoms with Gasteiger partial charge in [-0.15, -0.1) is 0 Å². The van der Waals surface area contributed by atoms with Gasteiger partial charge in [-0.25, -0.2) is 4.98 Å². The van der Waals surface area contributed by atoms with E-state index in [1.54, 1.807) is 0 Å². The lowest BCUT2D eigenvalue weighted by molar-refractivity contribution is 0.410. The maximum Gasteiger partial charge on any atom is 0.173 e. The van der Waals surface area contributed by atoms with Crippen LogP contribution in [0.25, 0.3) is 5.65 Å². The van der Waals surface area contributed by atoms with Crippen LogP contribution in [0.4, 0.5) is 11.6 Å². The van der Waals surface area contributed by atoms with Crippen molar-refractivity contribution in [1.29, 1.82) is 0 Å². The molecule has 4 rings (SSSR count). The Labute approximate surface area is 177 Å². The van der Waals surface area contributed by atoms with E-state index in [0.717, 1.165) is 57.1 Å². The smallest absolute Gasteiger partial charge is 0.173 e. The van der Waals surface area contributed by atoms with E-state index in [-0.39, 0.29) is 0 Å². The van der Waals surface area contributed by atoms with Crippen molar-refractivity contribution in [3.05, 3.63) is 50.7 Å². The molecule has 0 radical (unpaired) electrons. The first kappa shape index (κ1) is 18.8. The molecular weight excluding hydrogens is 475 g/mol. The molecule has 0 unspecified atom stereocenters. The highest BCUT2D eigenvalue weighted by Crippen LogP contribution is 2.25. The average molecular weight is 497 g/mol. The van der Waals surface area contributed by atoms with Crippen LogP contribution in [0.5, 0.6) is 0 Å². The van der Waals surface area contributed by atoms with Crippen LogP contribution in [0.3, 0.4) is 0 Å². The van der Waals surface area contributed by atoms with Gasteiger partial charge in [-0.05, 0) is 66.0 Å². The number of anilines is 2. The number of fused-ring (bicyclic) bond motifs is 1. The molecule has 27 heavy (non-hydrogen) atoms. The second-order valence-corrected chi connectivity index (χ2v) is 8.59. The average Bonchev–Trinajstić information content (AvgIpc) is 3.03. The molecule has 4 N–H and O–H groups in total. The molecule has 1 aliphatic carbocycles. The molecule has 0 amide bonds. The molecule has 3 aromatic rings. The lowest BCUT2D eigenvalue weighted by atomic mass is 9.92. The number of hydrogen-bond donors (Lipinski definition) is 3. The second kappa shape index (κ2) is 8.20. The van der Waals surface area contributed by atoms with E-state index in [1.807, 2.05) is 35.0 Å². The molecule has 0 aliphatic heterocycles. The third-order valence-corrected chi connectivity index (χ3v) is 5.91. The summed E-state index contributed by atoms with van der Waals surface area (Å²) in [6, 6.07) is 10.6. The molecule has 1 fully saturated rings. The van der Waals surface area contributed by atoms with Gasteiger partial charge in [0.05, 0.1) is 9.77 Å². The first-order valence-corrected chi connectivity index (χ1v) is 10.6. The summed E-state index contributed by atoms with van der Waals surface area (Å²) in [4.78, 5) is 4.77. The van der Waals surface area contributed by atoms with Crippen LogP contribution in [0.15, 0.2) is 36.5 Å². The minimum Gasteiger partial charge on any atom is -0.367 e. The number of rotatable bonds is 5. The Bertz CT molecular complexity index is 935. The number of halogens is 2. The highest BCUT2D eigenvalue weighted by Gasteiger charge is 2.19. The summed E-state index contributed by atoms with van der Waals surface area (Å²) < 4.78 is 2.86. The first-order chi connectivity index (χ1) is 13.1. The summed E-state index contributed by atoms with van der Waals surface area (Å²) in [6.07, 6.45) is 6.11. The number of benzene rings is 1. The van der Waals surface area contributed by atoms with E-state index in [0.29, 0.717) is 18.6 Å².